The van der Waals surface area contributed by atoms with E-state index >= 15 is 0 Å². The van der Waals surface area contributed by atoms with E-state index in [1.807, 2.05) is 32.0 Å². The van der Waals surface area contributed by atoms with Gasteiger partial charge in [-0.15, -0.1) is 0 Å². The minimum Gasteiger partial charge on any atom is -0.458 e. The second-order valence-corrected chi connectivity index (χ2v) is 5.68. The molecule has 0 bridgehead atoms. The number of hydrogen-bond acceptors (Lipinski definition) is 3. The summed E-state index contributed by atoms with van der Waals surface area (Å²) in [5.41, 5.74) is 4.79. The van der Waals surface area contributed by atoms with Gasteiger partial charge in [0.05, 0.1) is 0 Å². The molecule has 0 heterocycles. The number of aryl methyl sites for hydroxylation is 2. The van der Waals surface area contributed by atoms with Crippen molar-refractivity contribution in [2.75, 3.05) is 5.32 Å². The Kier molecular flexibility index (Phi) is 5.90. The van der Waals surface area contributed by atoms with Gasteiger partial charge in [0.2, 0.25) is 5.91 Å². The first-order chi connectivity index (χ1) is 11.4. The molecular formula is C20H21NO3. The normalized spacial score (nSPS) is 10.6. The molecule has 0 saturated carbocycles. The molecule has 1 N–H and O–H groups in total. The number of nitrogens with one attached hydrogen (secondary N) is 1. The van der Waals surface area contributed by atoms with E-state index in [2.05, 4.69) is 11.4 Å². The monoisotopic (exact) mass is 323 g/mol. The van der Waals surface area contributed by atoms with Gasteiger partial charge in [-0.2, -0.15) is 0 Å². The van der Waals surface area contributed by atoms with E-state index in [1.165, 1.54) is 18.6 Å². The fourth-order valence-electron chi connectivity index (χ4n) is 2.32. The standard InChI is InChI=1S/C20H21NO3/c1-14-7-8-18(15(2)11-14)9-10-20(23)24-13-17-5-4-6-19(12-17)21-16(3)22/h4-12H,13H2,1-3H3,(H,21,22)/b10-9+. The van der Waals surface area contributed by atoms with Crippen LogP contribution in [0.2, 0.25) is 0 Å². The number of benzene rings is 2. The van der Waals surface area contributed by atoms with Crippen LogP contribution >= 0.6 is 0 Å². The summed E-state index contributed by atoms with van der Waals surface area (Å²) >= 11 is 0. The molecule has 0 aliphatic rings. The van der Waals surface area contributed by atoms with Crippen LogP contribution in [0, 0.1) is 13.8 Å². The number of ether oxygens (including phenoxy) is 1. The molecule has 2 aromatic carbocycles. The zero-order valence-electron chi connectivity index (χ0n) is 14.1. The van der Waals surface area contributed by atoms with Crippen LogP contribution in [0.15, 0.2) is 48.5 Å². The van der Waals surface area contributed by atoms with Crippen LogP contribution in [0.1, 0.15) is 29.2 Å². The number of carbonyl (C=O) groups is 2. The molecule has 0 radical (unpaired) electrons. The van der Waals surface area contributed by atoms with Crippen molar-refractivity contribution in [3.63, 3.8) is 0 Å². The average Bonchev–Trinajstić information content (AvgIpc) is 2.52. The first-order valence-corrected chi connectivity index (χ1v) is 7.72. The van der Waals surface area contributed by atoms with Gasteiger partial charge >= 0.3 is 5.97 Å². The quantitative estimate of drug-likeness (QED) is 0.668. The fourth-order valence-corrected chi connectivity index (χ4v) is 2.32. The molecule has 1 amide bonds. The summed E-state index contributed by atoms with van der Waals surface area (Å²) in [5.74, 6) is -0.541. The molecule has 0 aromatic heterocycles. The van der Waals surface area contributed by atoms with Crippen molar-refractivity contribution in [2.45, 2.75) is 27.4 Å². The lowest BCUT2D eigenvalue weighted by Crippen LogP contribution is -2.06. The van der Waals surface area contributed by atoms with Gasteiger partial charge in [-0.3, -0.25) is 4.79 Å². The van der Waals surface area contributed by atoms with Crippen molar-refractivity contribution in [1.29, 1.82) is 0 Å². The van der Waals surface area contributed by atoms with Crippen LogP contribution in [-0.2, 0) is 20.9 Å². The number of carbonyl (C=O) groups excluding carboxylic acids is 2. The highest BCUT2D eigenvalue weighted by Crippen LogP contribution is 2.13. The van der Waals surface area contributed by atoms with E-state index in [1.54, 1.807) is 24.3 Å². The Bertz CT molecular complexity index is 778. The summed E-state index contributed by atoms with van der Waals surface area (Å²) in [5, 5.41) is 2.70. The van der Waals surface area contributed by atoms with Crippen LogP contribution in [0.4, 0.5) is 5.69 Å². The largest absolute Gasteiger partial charge is 0.458 e. The van der Waals surface area contributed by atoms with Crippen LogP contribution in [0.25, 0.3) is 6.08 Å². The molecule has 2 aromatic rings. The summed E-state index contributed by atoms with van der Waals surface area (Å²) in [6, 6.07) is 13.3. The predicted molar refractivity (Wildman–Crippen MR) is 95.5 cm³/mol. The lowest BCUT2D eigenvalue weighted by molar-refractivity contribution is -0.138. The van der Waals surface area contributed by atoms with Gasteiger partial charge in [0.1, 0.15) is 6.61 Å². The van der Waals surface area contributed by atoms with Gasteiger partial charge < -0.3 is 10.1 Å². The molecule has 0 unspecified atom stereocenters. The van der Waals surface area contributed by atoms with Gasteiger partial charge in [-0.1, -0.05) is 35.9 Å². The Morgan fingerprint density at radius 2 is 1.92 bits per heavy atom. The highest BCUT2D eigenvalue weighted by molar-refractivity contribution is 5.89. The fraction of sp³-hybridized carbons (Fsp3) is 0.200. The second kappa shape index (κ2) is 8.11. The summed E-state index contributed by atoms with van der Waals surface area (Å²) in [6.45, 7) is 5.64. The van der Waals surface area contributed by atoms with E-state index in [9.17, 15) is 9.59 Å². The van der Waals surface area contributed by atoms with E-state index in [0.29, 0.717) is 5.69 Å². The molecule has 4 heteroatoms. The number of esters is 1. The maximum atomic E-state index is 11.9. The lowest BCUT2D eigenvalue weighted by atomic mass is 10.1. The first kappa shape index (κ1) is 17.5. The highest BCUT2D eigenvalue weighted by Gasteiger charge is 2.02. The molecule has 4 nitrogen and oxygen atoms in total. The van der Waals surface area contributed by atoms with Crippen molar-refractivity contribution in [2.24, 2.45) is 0 Å². The Hall–Kier alpha value is -2.88. The third-order valence-electron chi connectivity index (χ3n) is 3.45. The number of anilines is 1. The van der Waals surface area contributed by atoms with E-state index in [0.717, 1.165) is 16.7 Å². The van der Waals surface area contributed by atoms with Crippen molar-refractivity contribution in [3.05, 3.63) is 70.8 Å². The van der Waals surface area contributed by atoms with Crippen molar-refractivity contribution >= 4 is 23.6 Å². The maximum Gasteiger partial charge on any atom is 0.331 e. The summed E-state index contributed by atoms with van der Waals surface area (Å²) in [7, 11) is 0. The molecule has 0 spiro atoms. The molecule has 2 rings (SSSR count). The zero-order chi connectivity index (χ0) is 17.5. The van der Waals surface area contributed by atoms with Gasteiger partial charge in [0, 0.05) is 18.7 Å². The molecule has 124 valence electrons. The Balaban J connectivity index is 1.93. The van der Waals surface area contributed by atoms with Crippen molar-refractivity contribution in [1.82, 2.24) is 0 Å². The third kappa shape index (κ3) is 5.39. The summed E-state index contributed by atoms with van der Waals surface area (Å²) < 4.78 is 5.23. The highest BCUT2D eigenvalue weighted by atomic mass is 16.5. The maximum absolute atomic E-state index is 11.9. The predicted octanol–water partition coefficient (Wildman–Crippen LogP) is 4.02. The van der Waals surface area contributed by atoms with Gasteiger partial charge in [-0.25, -0.2) is 4.79 Å². The minimum atomic E-state index is -0.403. The molecule has 0 saturated heterocycles. The number of amides is 1. The number of hydrogen-bond donors (Lipinski definition) is 1. The molecule has 0 aliphatic heterocycles. The molecular weight excluding hydrogens is 302 g/mol. The van der Waals surface area contributed by atoms with Crippen LogP contribution in [0.3, 0.4) is 0 Å². The van der Waals surface area contributed by atoms with Crippen LogP contribution in [0.5, 0.6) is 0 Å². The molecule has 0 aliphatic carbocycles. The average molecular weight is 323 g/mol. The van der Waals surface area contributed by atoms with Crippen molar-refractivity contribution in [3.8, 4) is 0 Å². The Morgan fingerprint density at radius 1 is 1.12 bits per heavy atom. The summed E-state index contributed by atoms with van der Waals surface area (Å²) in [4.78, 5) is 22.9. The molecule has 0 atom stereocenters. The molecule has 24 heavy (non-hydrogen) atoms. The molecule has 0 fully saturated rings. The van der Waals surface area contributed by atoms with E-state index in [-0.39, 0.29) is 12.5 Å². The van der Waals surface area contributed by atoms with Gasteiger partial charge in [0.25, 0.3) is 0 Å². The Labute approximate surface area is 142 Å². The smallest absolute Gasteiger partial charge is 0.331 e. The second-order valence-electron chi connectivity index (χ2n) is 5.68. The van der Waals surface area contributed by atoms with Crippen LogP contribution in [-0.4, -0.2) is 11.9 Å². The van der Waals surface area contributed by atoms with E-state index < -0.39 is 5.97 Å². The summed E-state index contributed by atoms with van der Waals surface area (Å²) in [6.07, 6.45) is 3.18. The minimum absolute atomic E-state index is 0.138. The first-order valence-electron chi connectivity index (χ1n) is 7.72. The third-order valence-corrected chi connectivity index (χ3v) is 3.45. The number of rotatable bonds is 5. The van der Waals surface area contributed by atoms with Gasteiger partial charge in [-0.05, 0) is 48.7 Å². The van der Waals surface area contributed by atoms with Crippen molar-refractivity contribution < 1.29 is 14.3 Å². The SMILES string of the molecule is CC(=O)Nc1cccc(COC(=O)/C=C/c2ccc(C)cc2C)c1. The van der Waals surface area contributed by atoms with E-state index in [4.69, 9.17) is 4.74 Å². The van der Waals surface area contributed by atoms with Crippen LogP contribution < -0.4 is 5.32 Å². The zero-order valence-corrected chi connectivity index (χ0v) is 14.1. The topological polar surface area (TPSA) is 55.4 Å². The lowest BCUT2D eigenvalue weighted by Gasteiger charge is -2.06. The Morgan fingerprint density at radius 3 is 2.62 bits per heavy atom. The van der Waals surface area contributed by atoms with Gasteiger partial charge in [0.15, 0.2) is 0 Å².